The molecule has 1 aromatic carbocycles. The molecule has 1 amide bonds. The summed E-state index contributed by atoms with van der Waals surface area (Å²) in [6, 6.07) is 12.2. The maximum absolute atomic E-state index is 12.0. The Morgan fingerprint density at radius 3 is 2.53 bits per heavy atom. The van der Waals surface area contributed by atoms with Crippen molar-refractivity contribution in [3.8, 4) is 5.75 Å². The zero-order chi connectivity index (χ0) is 20.6. The van der Waals surface area contributed by atoms with Gasteiger partial charge in [-0.05, 0) is 23.6 Å². The number of rotatable bonds is 6. The maximum Gasteiger partial charge on any atom is 0.243 e. The Bertz CT molecular complexity index is 821. The molecule has 1 saturated heterocycles. The number of aliphatic imine (C=N–C) groups is 1. The number of methoxy groups -OCH3 is 1. The fraction of sp³-hybridized carbons (Fsp3) is 0.429. The Balaban J connectivity index is 0.00000320. The molecule has 2 heterocycles. The third kappa shape index (κ3) is 6.49. The first-order valence-electron chi connectivity index (χ1n) is 9.72. The summed E-state index contributed by atoms with van der Waals surface area (Å²) in [5.41, 5.74) is 1.11. The minimum Gasteiger partial charge on any atom is -0.495 e. The minimum absolute atomic E-state index is 0. The van der Waals surface area contributed by atoms with Crippen LogP contribution in [0.1, 0.15) is 4.88 Å². The molecule has 30 heavy (non-hydrogen) atoms. The standard InChI is InChI=1S/C21H29N5O2S.HI/c1-24(2)20(27)16-23-21(22-15-17-7-6-14-29-17)26-12-10-25(11-13-26)18-8-4-5-9-19(18)28-3;/h4-9,14H,10-13,15-16H2,1-3H3,(H,22,23);1H. The number of halogens is 1. The summed E-state index contributed by atoms with van der Waals surface area (Å²) in [4.78, 5) is 24.0. The van der Waals surface area contributed by atoms with Crippen LogP contribution < -0.4 is 15.0 Å². The van der Waals surface area contributed by atoms with E-state index in [-0.39, 0.29) is 36.4 Å². The number of ether oxygens (including phenoxy) is 1. The summed E-state index contributed by atoms with van der Waals surface area (Å²) in [5.74, 6) is 1.67. The molecule has 0 radical (unpaired) electrons. The molecule has 0 saturated carbocycles. The van der Waals surface area contributed by atoms with Gasteiger partial charge < -0.3 is 24.8 Å². The fourth-order valence-electron chi connectivity index (χ4n) is 3.18. The molecular weight excluding hydrogens is 513 g/mol. The van der Waals surface area contributed by atoms with Gasteiger partial charge in [0.2, 0.25) is 5.91 Å². The second kappa shape index (κ2) is 12.0. The van der Waals surface area contributed by atoms with Crippen molar-refractivity contribution >= 4 is 52.9 Å². The van der Waals surface area contributed by atoms with Gasteiger partial charge in [-0.15, -0.1) is 35.3 Å². The number of amides is 1. The highest BCUT2D eigenvalue weighted by molar-refractivity contribution is 14.0. The number of piperazine rings is 1. The lowest BCUT2D eigenvalue weighted by Crippen LogP contribution is -2.52. The number of likely N-dealkylation sites (N-methyl/N-ethyl adjacent to an activating group) is 1. The third-order valence-electron chi connectivity index (χ3n) is 4.87. The van der Waals surface area contributed by atoms with Crippen molar-refractivity contribution in [2.75, 3.05) is 58.8 Å². The first-order chi connectivity index (χ1) is 14.1. The second-order valence-electron chi connectivity index (χ2n) is 7.01. The largest absolute Gasteiger partial charge is 0.495 e. The number of carbonyl (C=O) groups is 1. The Morgan fingerprint density at radius 2 is 1.90 bits per heavy atom. The van der Waals surface area contributed by atoms with Crippen LogP contribution in [-0.4, -0.2) is 75.6 Å². The van der Waals surface area contributed by atoms with Crippen LogP contribution >= 0.6 is 35.3 Å². The lowest BCUT2D eigenvalue weighted by Gasteiger charge is -2.38. The van der Waals surface area contributed by atoms with Gasteiger partial charge in [-0.1, -0.05) is 18.2 Å². The van der Waals surface area contributed by atoms with Crippen LogP contribution in [0.15, 0.2) is 46.8 Å². The number of anilines is 1. The number of nitrogens with zero attached hydrogens (tertiary/aromatic N) is 4. The van der Waals surface area contributed by atoms with E-state index in [0.717, 1.165) is 43.6 Å². The van der Waals surface area contributed by atoms with E-state index in [1.165, 1.54) is 4.88 Å². The molecule has 3 rings (SSSR count). The van der Waals surface area contributed by atoms with Crippen LogP contribution in [0.3, 0.4) is 0 Å². The molecule has 0 unspecified atom stereocenters. The van der Waals surface area contributed by atoms with Gasteiger partial charge in [0.05, 0.1) is 19.3 Å². The molecule has 1 fully saturated rings. The van der Waals surface area contributed by atoms with Crippen molar-refractivity contribution in [2.45, 2.75) is 6.54 Å². The average molecular weight is 543 g/mol. The topological polar surface area (TPSA) is 60.4 Å². The van der Waals surface area contributed by atoms with Crippen molar-refractivity contribution in [3.63, 3.8) is 0 Å². The van der Waals surface area contributed by atoms with Crippen LogP contribution in [0.5, 0.6) is 5.75 Å². The predicted molar refractivity (Wildman–Crippen MR) is 134 cm³/mol. The molecule has 0 atom stereocenters. The Kier molecular flexibility index (Phi) is 9.70. The van der Waals surface area contributed by atoms with Crippen molar-refractivity contribution in [1.82, 2.24) is 15.1 Å². The highest BCUT2D eigenvalue weighted by Crippen LogP contribution is 2.28. The van der Waals surface area contributed by atoms with Crippen LogP contribution in [0.4, 0.5) is 5.69 Å². The van der Waals surface area contributed by atoms with Gasteiger partial charge in [0.25, 0.3) is 0 Å². The number of para-hydroxylation sites is 2. The van der Waals surface area contributed by atoms with Crippen molar-refractivity contribution in [2.24, 2.45) is 4.99 Å². The summed E-state index contributed by atoms with van der Waals surface area (Å²) in [6.07, 6.45) is 0. The lowest BCUT2D eigenvalue weighted by atomic mass is 10.2. The predicted octanol–water partition coefficient (Wildman–Crippen LogP) is 2.73. The zero-order valence-electron chi connectivity index (χ0n) is 17.7. The molecule has 0 spiro atoms. The summed E-state index contributed by atoms with van der Waals surface area (Å²) in [7, 11) is 5.21. The van der Waals surface area contributed by atoms with Gasteiger partial charge >= 0.3 is 0 Å². The molecule has 1 N–H and O–H groups in total. The highest BCUT2D eigenvalue weighted by Gasteiger charge is 2.22. The second-order valence-corrected chi connectivity index (χ2v) is 8.04. The van der Waals surface area contributed by atoms with E-state index in [1.807, 2.05) is 24.3 Å². The number of hydrogen-bond donors (Lipinski definition) is 1. The molecule has 1 aliphatic rings. The van der Waals surface area contributed by atoms with Gasteiger partial charge in [-0.3, -0.25) is 4.79 Å². The van der Waals surface area contributed by atoms with Gasteiger partial charge in [0, 0.05) is 45.2 Å². The number of guanidine groups is 1. The number of carbonyl (C=O) groups excluding carboxylic acids is 1. The summed E-state index contributed by atoms with van der Waals surface area (Å²) < 4.78 is 5.51. The maximum atomic E-state index is 12.0. The molecule has 0 aliphatic carbocycles. The molecular formula is C21H30IN5O2S. The number of thiophene rings is 1. The number of nitrogens with one attached hydrogen (secondary N) is 1. The molecule has 1 aliphatic heterocycles. The highest BCUT2D eigenvalue weighted by atomic mass is 127. The summed E-state index contributed by atoms with van der Waals surface area (Å²) >= 11 is 1.71. The fourth-order valence-corrected chi connectivity index (χ4v) is 3.83. The minimum atomic E-state index is -0.00641. The van der Waals surface area contributed by atoms with Crippen molar-refractivity contribution in [1.29, 1.82) is 0 Å². The monoisotopic (exact) mass is 543 g/mol. The summed E-state index contributed by atoms with van der Waals surface area (Å²) in [5, 5.41) is 5.50. The first kappa shape index (κ1) is 24.3. The lowest BCUT2D eigenvalue weighted by molar-refractivity contribution is -0.127. The molecule has 0 bridgehead atoms. The van der Waals surface area contributed by atoms with Crippen molar-refractivity contribution in [3.05, 3.63) is 46.7 Å². The van der Waals surface area contributed by atoms with Crippen LogP contribution in [-0.2, 0) is 11.3 Å². The van der Waals surface area contributed by atoms with Gasteiger partial charge in [0.15, 0.2) is 5.96 Å². The van der Waals surface area contributed by atoms with E-state index in [0.29, 0.717) is 6.54 Å². The van der Waals surface area contributed by atoms with E-state index in [2.05, 4.69) is 37.6 Å². The third-order valence-corrected chi connectivity index (χ3v) is 5.75. The molecule has 7 nitrogen and oxygen atoms in total. The van der Waals surface area contributed by atoms with Crippen LogP contribution in [0, 0.1) is 0 Å². The van der Waals surface area contributed by atoms with E-state index in [1.54, 1.807) is 37.4 Å². The SMILES string of the molecule is COc1ccccc1N1CCN(C(=NCC(=O)N(C)C)NCc2cccs2)CC1.I. The Hall–Kier alpha value is -2.01. The number of hydrogen-bond acceptors (Lipinski definition) is 5. The van der Waals surface area contributed by atoms with Crippen LogP contribution in [0.2, 0.25) is 0 Å². The number of benzene rings is 1. The smallest absolute Gasteiger partial charge is 0.243 e. The van der Waals surface area contributed by atoms with E-state index < -0.39 is 0 Å². The quantitative estimate of drug-likeness (QED) is 0.345. The molecule has 164 valence electrons. The van der Waals surface area contributed by atoms with Crippen LogP contribution in [0.25, 0.3) is 0 Å². The van der Waals surface area contributed by atoms with E-state index in [4.69, 9.17) is 4.74 Å². The van der Waals surface area contributed by atoms with Gasteiger partial charge in [-0.25, -0.2) is 4.99 Å². The normalized spacial score (nSPS) is 14.2. The van der Waals surface area contributed by atoms with E-state index >= 15 is 0 Å². The average Bonchev–Trinajstić information content (AvgIpc) is 3.27. The zero-order valence-corrected chi connectivity index (χ0v) is 20.9. The molecule has 1 aromatic heterocycles. The molecule has 2 aromatic rings. The van der Waals surface area contributed by atoms with Crippen molar-refractivity contribution < 1.29 is 9.53 Å². The Morgan fingerprint density at radius 1 is 1.17 bits per heavy atom. The molecule has 9 heteroatoms. The van der Waals surface area contributed by atoms with Gasteiger partial charge in [0.1, 0.15) is 12.3 Å². The summed E-state index contributed by atoms with van der Waals surface area (Å²) in [6.45, 7) is 4.23. The van der Waals surface area contributed by atoms with Gasteiger partial charge in [-0.2, -0.15) is 0 Å². The van der Waals surface area contributed by atoms with E-state index in [9.17, 15) is 4.79 Å². The first-order valence-corrected chi connectivity index (χ1v) is 10.6. The Labute approximate surface area is 199 Å².